The molecular weight excluding hydrogens is 522 g/mol. The van der Waals surface area contributed by atoms with Crippen LogP contribution in [0.25, 0.3) is 11.2 Å². The van der Waals surface area contributed by atoms with Crippen LogP contribution in [0.1, 0.15) is 24.2 Å². The molecule has 0 saturated carbocycles. The number of alkyl halides is 3. The van der Waals surface area contributed by atoms with Gasteiger partial charge in [-0.2, -0.15) is 23.0 Å². The summed E-state index contributed by atoms with van der Waals surface area (Å²) in [5.74, 6) is -3.37. The lowest BCUT2D eigenvalue weighted by molar-refractivity contribution is -0.136. The molecule has 36 heavy (non-hydrogen) atoms. The number of fused-ring (bicyclic) bond motifs is 1. The number of imidazole rings is 1. The first-order valence-electron chi connectivity index (χ1n) is 10.3. The van der Waals surface area contributed by atoms with Gasteiger partial charge in [-0.05, 0) is 23.2 Å². The van der Waals surface area contributed by atoms with Crippen molar-refractivity contribution in [2.75, 3.05) is 0 Å². The molecule has 0 amide bonds. The van der Waals surface area contributed by atoms with Crippen LogP contribution in [0.4, 0.5) is 26.3 Å². The standard InChI is InChI=1S/C19H15ClF6N8O2/c20-17-27-14-15(28-17)32(5-2-19(24,25)26)18(36)33(16(14)35)3-1-4-34-30-13(29-31-34)8-10-11(22)6-9(21)7-12(10)23/h6-7H,1-5,8H2,(H,27,28). The van der Waals surface area contributed by atoms with Gasteiger partial charge in [0.05, 0.1) is 13.0 Å². The first-order valence-corrected chi connectivity index (χ1v) is 10.7. The Bertz CT molecular complexity index is 1520. The Morgan fingerprint density at radius 1 is 1.00 bits per heavy atom. The number of aryl methyl sites for hydroxylation is 2. The molecule has 0 fully saturated rings. The van der Waals surface area contributed by atoms with Crippen molar-refractivity contribution in [2.45, 2.75) is 45.1 Å². The molecule has 3 aromatic heterocycles. The van der Waals surface area contributed by atoms with Gasteiger partial charge in [0.2, 0.25) is 5.28 Å². The summed E-state index contributed by atoms with van der Waals surface area (Å²) in [6.07, 6.45) is -6.22. The van der Waals surface area contributed by atoms with E-state index in [1.54, 1.807) is 0 Å². The summed E-state index contributed by atoms with van der Waals surface area (Å²) >= 11 is 5.75. The Balaban J connectivity index is 1.50. The molecule has 0 atom stereocenters. The van der Waals surface area contributed by atoms with Crippen LogP contribution in [0.2, 0.25) is 5.28 Å². The van der Waals surface area contributed by atoms with Crippen LogP contribution in [0.15, 0.2) is 21.7 Å². The monoisotopic (exact) mass is 536 g/mol. The highest BCUT2D eigenvalue weighted by molar-refractivity contribution is 6.28. The van der Waals surface area contributed by atoms with Crippen molar-refractivity contribution in [1.82, 2.24) is 39.3 Å². The van der Waals surface area contributed by atoms with Crippen LogP contribution in [0, 0.1) is 17.5 Å². The van der Waals surface area contributed by atoms with Gasteiger partial charge in [0.25, 0.3) is 5.56 Å². The van der Waals surface area contributed by atoms with E-state index in [0.29, 0.717) is 16.7 Å². The van der Waals surface area contributed by atoms with Crippen molar-refractivity contribution in [3.63, 3.8) is 0 Å². The van der Waals surface area contributed by atoms with Gasteiger partial charge < -0.3 is 4.98 Å². The number of nitrogens with one attached hydrogen (secondary N) is 1. The molecule has 0 aliphatic carbocycles. The predicted octanol–water partition coefficient (Wildman–Crippen LogP) is 2.58. The van der Waals surface area contributed by atoms with Crippen LogP contribution in [0.3, 0.4) is 0 Å². The second kappa shape index (κ2) is 9.75. The third kappa shape index (κ3) is 5.42. The number of aromatic nitrogens is 8. The minimum absolute atomic E-state index is 0.00240. The van der Waals surface area contributed by atoms with Crippen molar-refractivity contribution in [1.29, 1.82) is 0 Å². The number of nitrogens with zero attached hydrogens (tertiary/aromatic N) is 7. The highest BCUT2D eigenvalue weighted by atomic mass is 35.5. The Labute approximate surface area is 201 Å². The molecule has 0 spiro atoms. The number of hydrogen-bond acceptors (Lipinski definition) is 6. The normalized spacial score (nSPS) is 12.1. The molecular formula is C19H15ClF6N8O2. The zero-order valence-electron chi connectivity index (χ0n) is 18.0. The van der Waals surface area contributed by atoms with Gasteiger partial charge in [0.15, 0.2) is 17.0 Å². The van der Waals surface area contributed by atoms with Crippen molar-refractivity contribution in [3.8, 4) is 0 Å². The van der Waals surface area contributed by atoms with E-state index in [1.807, 2.05) is 0 Å². The first kappa shape index (κ1) is 25.4. The number of tetrazole rings is 1. The summed E-state index contributed by atoms with van der Waals surface area (Å²) in [6, 6.07) is 1.04. The van der Waals surface area contributed by atoms with Gasteiger partial charge in [0.1, 0.15) is 17.5 Å². The Morgan fingerprint density at radius 3 is 2.36 bits per heavy atom. The highest BCUT2D eigenvalue weighted by Crippen LogP contribution is 2.21. The number of aromatic amines is 1. The molecule has 0 radical (unpaired) electrons. The minimum Gasteiger partial charge on any atom is -0.323 e. The zero-order valence-corrected chi connectivity index (χ0v) is 18.7. The third-order valence-electron chi connectivity index (χ3n) is 5.13. The van der Waals surface area contributed by atoms with Crippen molar-refractivity contribution >= 4 is 22.8 Å². The second-order valence-electron chi connectivity index (χ2n) is 7.66. The molecule has 192 valence electrons. The van der Waals surface area contributed by atoms with E-state index in [1.165, 1.54) is 0 Å². The molecule has 0 aliphatic rings. The maximum absolute atomic E-state index is 13.8. The fourth-order valence-electron chi connectivity index (χ4n) is 3.49. The number of halogens is 7. The molecule has 0 aliphatic heterocycles. The van der Waals surface area contributed by atoms with Crippen LogP contribution in [-0.4, -0.2) is 45.5 Å². The van der Waals surface area contributed by atoms with E-state index in [0.717, 1.165) is 9.36 Å². The molecule has 3 heterocycles. The lowest BCUT2D eigenvalue weighted by Crippen LogP contribution is -2.41. The van der Waals surface area contributed by atoms with Gasteiger partial charge in [-0.1, -0.05) is 0 Å². The summed E-state index contributed by atoms with van der Waals surface area (Å²) in [6.45, 7) is -1.00. The van der Waals surface area contributed by atoms with Gasteiger partial charge in [-0.25, -0.2) is 18.0 Å². The SMILES string of the molecule is O=c1c2[nH]c(Cl)nc2n(CCC(F)(F)F)c(=O)n1CCCn1nnc(Cc2c(F)cc(F)cc2F)n1. The predicted molar refractivity (Wildman–Crippen MR) is 112 cm³/mol. The van der Waals surface area contributed by atoms with E-state index in [9.17, 15) is 35.9 Å². The summed E-state index contributed by atoms with van der Waals surface area (Å²) < 4.78 is 80.4. The first-order chi connectivity index (χ1) is 16.9. The Hall–Kier alpha value is -3.69. The summed E-state index contributed by atoms with van der Waals surface area (Å²) in [5, 5.41) is 11.1. The number of H-pyrrole nitrogens is 1. The molecule has 4 aromatic rings. The summed E-state index contributed by atoms with van der Waals surface area (Å²) in [4.78, 5) is 32.7. The Morgan fingerprint density at radius 2 is 1.69 bits per heavy atom. The summed E-state index contributed by atoms with van der Waals surface area (Å²) in [5.41, 5.74) is -2.81. The van der Waals surface area contributed by atoms with E-state index in [-0.39, 0.29) is 41.8 Å². The smallest absolute Gasteiger partial charge is 0.323 e. The van der Waals surface area contributed by atoms with E-state index < -0.39 is 59.8 Å². The quantitative estimate of drug-likeness (QED) is 0.273. The minimum atomic E-state index is -4.55. The topological polar surface area (TPSA) is 116 Å². The zero-order chi connectivity index (χ0) is 26.2. The molecule has 0 saturated heterocycles. The lowest BCUT2D eigenvalue weighted by atomic mass is 10.1. The fourth-order valence-corrected chi connectivity index (χ4v) is 3.66. The molecule has 0 unspecified atom stereocenters. The molecule has 4 rings (SSSR count). The maximum Gasteiger partial charge on any atom is 0.390 e. The lowest BCUT2D eigenvalue weighted by Gasteiger charge is -2.12. The highest BCUT2D eigenvalue weighted by Gasteiger charge is 2.28. The van der Waals surface area contributed by atoms with Crippen LogP contribution in [0.5, 0.6) is 0 Å². The summed E-state index contributed by atoms with van der Waals surface area (Å²) in [7, 11) is 0. The average molecular weight is 537 g/mol. The largest absolute Gasteiger partial charge is 0.390 e. The van der Waals surface area contributed by atoms with Gasteiger partial charge in [0, 0.05) is 37.2 Å². The van der Waals surface area contributed by atoms with Gasteiger partial charge in [-0.3, -0.25) is 13.9 Å². The average Bonchev–Trinajstić information content (AvgIpc) is 3.38. The molecule has 10 nitrogen and oxygen atoms in total. The fraction of sp³-hybridized carbons (Fsp3) is 0.368. The van der Waals surface area contributed by atoms with Gasteiger partial charge in [-0.15, -0.1) is 10.2 Å². The molecule has 17 heteroatoms. The Kier molecular flexibility index (Phi) is 6.88. The molecule has 1 N–H and O–H groups in total. The van der Waals surface area contributed by atoms with Crippen LogP contribution in [-0.2, 0) is 26.1 Å². The van der Waals surface area contributed by atoms with E-state index in [4.69, 9.17) is 11.6 Å². The van der Waals surface area contributed by atoms with Crippen LogP contribution >= 0.6 is 11.6 Å². The molecule has 0 bridgehead atoms. The van der Waals surface area contributed by atoms with Crippen molar-refractivity contribution < 1.29 is 26.3 Å². The van der Waals surface area contributed by atoms with Crippen LogP contribution < -0.4 is 11.2 Å². The maximum atomic E-state index is 13.8. The number of rotatable bonds is 8. The number of hydrogen-bond donors (Lipinski definition) is 1. The van der Waals surface area contributed by atoms with Crippen molar-refractivity contribution in [3.05, 3.63) is 67.1 Å². The third-order valence-corrected chi connectivity index (χ3v) is 5.30. The molecule has 1 aromatic carbocycles. The van der Waals surface area contributed by atoms with Gasteiger partial charge >= 0.3 is 11.9 Å². The van der Waals surface area contributed by atoms with E-state index in [2.05, 4.69) is 25.4 Å². The van der Waals surface area contributed by atoms with Crippen molar-refractivity contribution in [2.24, 2.45) is 0 Å². The number of benzene rings is 1. The second-order valence-corrected chi connectivity index (χ2v) is 8.02. The van der Waals surface area contributed by atoms with E-state index >= 15 is 0 Å².